The van der Waals surface area contributed by atoms with Crippen molar-refractivity contribution in [3.05, 3.63) is 34.7 Å². The molecule has 0 saturated heterocycles. The summed E-state index contributed by atoms with van der Waals surface area (Å²) in [6.45, 7) is 0. The molecule has 1 aromatic carbocycles. The molecule has 0 aliphatic heterocycles. The van der Waals surface area contributed by atoms with E-state index in [1.807, 2.05) is 24.3 Å². The Kier molecular flexibility index (Phi) is 2.06. The van der Waals surface area contributed by atoms with Crippen LogP contribution in [0.3, 0.4) is 0 Å². The van der Waals surface area contributed by atoms with E-state index in [2.05, 4.69) is 15.0 Å². The zero-order valence-electron chi connectivity index (χ0n) is 5.99. The largest absolute Gasteiger partial charge is 0.137 e. The van der Waals surface area contributed by atoms with Gasteiger partial charge in [0.25, 0.3) is 0 Å². The summed E-state index contributed by atoms with van der Waals surface area (Å²) in [6.07, 6.45) is 0. The number of nitrogens with zero attached hydrogens (tertiary/aromatic N) is 2. The van der Waals surface area contributed by atoms with Crippen molar-refractivity contribution in [2.45, 2.75) is 0 Å². The van der Waals surface area contributed by atoms with Crippen LogP contribution in [-0.4, -0.2) is 9.59 Å². The van der Waals surface area contributed by atoms with Crippen LogP contribution in [0, 0.1) is 5.38 Å². The molecule has 0 amide bonds. The van der Waals surface area contributed by atoms with Gasteiger partial charge in [-0.25, -0.2) is 0 Å². The zero-order valence-corrected chi connectivity index (χ0v) is 7.56. The van der Waals surface area contributed by atoms with Crippen molar-refractivity contribution in [2.24, 2.45) is 0 Å². The summed E-state index contributed by atoms with van der Waals surface area (Å²) in [4.78, 5) is 0. The second-order valence-electron chi connectivity index (χ2n) is 2.23. The van der Waals surface area contributed by atoms with E-state index in [-0.39, 0.29) is 0 Å². The van der Waals surface area contributed by atoms with E-state index >= 15 is 0 Å². The van der Waals surface area contributed by atoms with Crippen molar-refractivity contribution in [2.75, 3.05) is 0 Å². The van der Waals surface area contributed by atoms with Crippen molar-refractivity contribution in [1.29, 1.82) is 0 Å². The van der Waals surface area contributed by atoms with Gasteiger partial charge in [-0.15, -0.1) is 5.10 Å². The lowest BCUT2D eigenvalue weighted by Gasteiger charge is -1.93. The van der Waals surface area contributed by atoms with Crippen molar-refractivity contribution in [3.63, 3.8) is 0 Å². The highest BCUT2D eigenvalue weighted by Crippen LogP contribution is 2.19. The standard InChI is InChI=1S/C8H4ClN2S/c9-7-3-1-6(2-4-7)8-5-12-11-10-8/h1-4H. The number of hydrogen-bond donors (Lipinski definition) is 0. The predicted octanol–water partition coefficient (Wildman–Crippen LogP) is 2.66. The Labute approximate surface area is 79.0 Å². The van der Waals surface area contributed by atoms with Crippen LogP contribution in [0.15, 0.2) is 24.3 Å². The van der Waals surface area contributed by atoms with Gasteiger partial charge in [0.1, 0.15) is 5.69 Å². The second kappa shape index (κ2) is 3.21. The fraction of sp³-hybridized carbons (Fsp3) is 0. The molecule has 2 rings (SSSR count). The molecule has 0 aliphatic rings. The molecule has 1 aromatic heterocycles. The van der Waals surface area contributed by atoms with Crippen LogP contribution >= 0.6 is 23.1 Å². The van der Waals surface area contributed by atoms with Crippen LogP contribution in [0.1, 0.15) is 0 Å². The summed E-state index contributed by atoms with van der Waals surface area (Å²) in [5, 5.41) is 7.56. The molecular weight excluding hydrogens is 192 g/mol. The van der Waals surface area contributed by atoms with Gasteiger partial charge in [0.05, 0.1) is 5.38 Å². The van der Waals surface area contributed by atoms with E-state index in [4.69, 9.17) is 11.6 Å². The first-order chi connectivity index (χ1) is 5.86. The normalized spacial score (nSPS) is 10.1. The maximum Gasteiger partial charge on any atom is 0.114 e. The Bertz CT molecular complexity index is 355. The predicted molar refractivity (Wildman–Crippen MR) is 49.2 cm³/mol. The summed E-state index contributed by atoms with van der Waals surface area (Å²) < 4.78 is 3.72. The van der Waals surface area contributed by atoms with Gasteiger partial charge in [-0.05, 0) is 23.7 Å². The lowest BCUT2D eigenvalue weighted by atomic mass is 10.2. The highest BCUT2D eigenvalue weighted by atomic mass is 35.5. The van der Waals surface area contributed by atoms with E-state index in [0.29, 0.717) is 0 Å². The summed E-state index contributed by atoms with van der Waals surface area (Å²) in [7, 11) is 0. The monoisotopic (exact) mass is 195 g/mol. The molecule has 0 atom stereocenters. The number of aromatic nitrogens is 2. The maximum absolute atomic E-state index is 5.73. The SMILES string of the molecule is Clc1ccc(-c2[c]snn2)cc1. The summed E-state index contributed by atoms with van der Waals surface area (Å²) >= 11 is 6.95. The molecule has 0 unspecified atom stereocenters. The minimum atomic E-state index is 0.724. The van der Waals surface area contributed by atoms with Gasteiger partial charge >= 0.3 is 0 Å². The third-order valence-electron chi connectivity index (χ3n) is 1.44. The third-order valence-corrected chi connectivity index (χ3v) is 2.14. The van der Waals surface area contributed by atoms with E-state index in [1.165, 1.54) is 11.5 Å². The summed E-state index contributed by atoms with van der Waals surface area (Å²) in [5.41, 5.74) is 1.77. The molecule has 2 aromatic rings. The van der Waals surface area contributed by atoms with Gasteiger partial charge in [0, 0.05) is 10.6 Å². The van der Waals surface area contributed by atoms with Crippen molar-refractivity contribution >= 4 is 23.1 Å². The second-order valence-corrected chi connectivity index (χ2v) is 3.22. The zero-order chi connectivity index (χ0) is 8.39. The van der Waals surface area contributed by atoms with Crippen molar-refractivity contribution in [3.8, 4) is 11.3 Å². The lowest BCUT2D eigenvalue weighted by Crippen LogP contribution is -1.76. The molecular formula is C8H4ClN2S. The molecule has 0 fully saturated rings. The van der Waals surface area contributed by atoms with Crippen LogP contribution in [0.25, 0.3) is 11.3 Å². The number of rotatable bonds is 1. The molecule has 0 aliphatic carbocycles. The number of halogens is 1. The minimum absolute atomic E-state index is 0.724. The lowest BCUT2D eigenvalue weighted by molar-refractivity contribution is 1.16. The van der Waals surface area contributed by atoms with Gasteiger partial charge in [-0.2, -0.15) is 0 Å². The Morgan fingerprint density at radius 2 is 2.00 bits per heavy atom. The fourth-order valence-electron chi connectivity index (χ4n) is 0.870. The molecule has 4 heteroatoms. The average molecular weight is 196 g/mol. The van der Waals surface area contributed by atoms with E-state index < -0.39 is 0 Å². The summed E-state index contributed by atoms with van der Waals surface area (Å²) in [5.74, 6) is 0. The van der Waals surface area contributed by atoms with Crippen LogP contribution < -0.4 is 0 Å². The first-order valence-corrected chi connectivity index (χ1v) is 4.47. The molecule has 2 nitrogen and oxygen atoms in total. The molecule has 0 N–H and O–H groups in total. The van der Waals surface area contributed by atoms with E-state index in [1.54, 1.807) is 0 Å². The maximum atomic E-state index is 5.73. The molecule has 59 valence electrons. The minimum Gasteiger partial charge on any atom is -0.137 e. The first kappa shape index (κ1) is 7.71. The highest BCUT2D eigenvalue weighted by Gasteiger charge is 1.99. The van der Waals surface area contributed by atoms with Crippen LogP contribution in [0.5, 0.6) is 0 Å². The van der Waals surface area contributed by atoms with Crippen molar-refractivity contribution in [1.82, 2.24) is 9.59 Å². The Hall–Kier alpha value is -0.930. The fourth-order valence-corrected chi connectivity index (χ4v) is 1.40. The Morgan fingerprint density at radius 1 is 1.25 bits per heavy atom. The average Bonchev–Trinajstić information content (AvgIpc) is 2.58. The molecule has 12 heavy (non-hydrogen) atoms. The van der Waals surface area contributed by atoms with E-state index in [0.717, 1.165) is 16.3 Å². The molecule has 1 radical (unpaired) electrons. The number of benzene rings is 1. The topological polar surface area (TPSA) is 25.8 Å². The smallest absolute Gasteiger partial charge is 0.114 e. The van der Waals surface area contributed by atoms with Gasteiger partial charge in [0.15, 0.2) is 0 Å². The first-order valence-electron chi connectivity index (χ1n) is 3.32. The van der Waals surface area contributed by atoms with Crippen LogP contribution in [-0.2, 0) is 0 Å². The van der Waals surface area contributed by atoms with Gasteiger partial charge < -0.3 is 0 Å². The Balaban J connectivity index is 2.43. The van der Waals surface area contributed by atoms with Crippen molar-refractivity contribution < 1.29 is 0 Å². The molecule has 0 spiro atoms. The third kappa shape index (κ3) is 1.47. The van der Waals surface area contributed by atoms with Gasteiger partial charge in [-0.3, -0.25) is 0 Å². The van der Waals surface area contributed by atoms with Crippen LogP contribution in [0.2, 0.25) is 5.02 Å². The van der Waals surface area contributed by atoms with E-state index in [9.17, 15) is 0 Å². The van der Waals surface area contributed by atoms with Gasteiger partial charge in [-0.1, -0.05) is 28.2 Å². The number of hydrogen-bond acceptors (Lipinski definition) is 3. The molecule has 1 heterocycles. The highest BCUT2D eigenvalue weighted by molar-refractivity contribution is 7.03. The molecule has 0 saturated carbocycles. The molecule has 0 bridgehead atoms. The summed E-state index contributed by atoms with van der Waals surface area (Å²) in [6, 6.07) is 7.44. The Morgan fingerprint density at radius 3 is 2.58 bits per heavy atom. The van der Waals surface area contributed by atoms with Gasteiger partial charge in [0.2, 0.25) is 0 Å². The van der Waals surface area contributed by atoms with Crippen LogP contribution in [0.4, 0.5) is 0 Å². The quantitative estimate of drug-likeness (QED) is 0.699.